The summed E-state index contributed by atoms with van der Waals surface area (Å²) < 4.78 is 6.33. The van der Waals surface area contributed by atoms with Gasteiger partial charge in [0, 0.05) is 25.1 Å². The fourth-order valence-electron chi connectivity index (χ4n) is 6.85. The Kier molecular flexibility index (Phi) is 6.05. The molecule has 2 N–H and O–H groups in total. The first-order chi connectivity index (χ1) is 17.0. The summed E-state index contributed by atoms with van der Waals surface area (Å²) in [6.07, 6.45) is 8.31. The van der Waals surface area contributed by atoms with E-state index in [0.29, 0.717) is 23.9 Å². The van der Waals surface area contributed by atoms with Gasteiger partial charge in [-0.15, -0.1) is 0 Å². The van der Waals surface area contributed by atoms with Gasteiger partial charge in [-0.25, -0.2) is 0 Å². The Morgan fingerprint density at radius 1 is 1.03 bits per heavy atom. The van der Waals surface area contributed by atoms with Crippen molar-refractivity contribution in [1.82, 2.24) is 20.4 Å². The van der Waals surface area contributed by atoms with E-state index in [1.165, 1.54) is 58.4 Å². The lowest BCUT2D eigenvalue weighted by Crippen LogP contribution is -2.52. The molecule has 8 heteroatoms. The Morgan fingerprint density at radius 3 is 2.54 bits per heavy atom. The van der Waals surface area contributed by atoms with E-state index in [4.69, 9.17) is 4.74 Å². The van der Waals surface area contributed by atoms with Crippen LogP contribution in [0.4, 0.5) is 0 Å². The average molecular weight is 481 g/mol. The van der Waals surface area contributed by atoms with Crippen LogP contribution in [0.5, 0.6) is 5.75 Å². The molecule has 0 aromatic heterocycles. The Labute approximate surface area is 206 Å². The fraction of sp³-hybridized carbons (Fsp3) is 0.667. The fourth-order valence-corrected chi connectivity index (χ4v) is 6.85. The largest absolute Gasteiger partial charge is 0.490 e. The highest BCUT2D eigenvalue weighted by Crippen LogP contribution is 2.50. The molecule has 3 amide bonds. The summed E-state index contributed by atoms with van der Waals surface area (Å²) in [6, 6.07) is 5.10. The van der Waals surface area contributed by atoms with Gasteiger partial charge in [0.2, 0.25) is 11.8 Å². The van der Waals surface area contributed by atoms with E-state index in [-0.39, 0.29) is 30.2 Å². The van der Waals surface area contributed by atoms with Gasteiger partial charge in [-0.2, -0.15) is 0 Å². The number of fused-ring (bicyclic) bond motifs is 1. The van der Waals surface area contributed by atoms with Crippen LogP contribution in [-0.2, 0) is 16.1 Å². The summed E-state index contributed by atoms with van der Waals surface area (Å²) in [4.78, 5) is 40.9. The molecular weight excluding hydrogens is 444 g/mol. The zero-order chi connectivity index (χ0) is 24.0. The molecule has 0 radical (unpaired) electrons. The SMILES string of the molecule is O=C1CCC(N2Cc3cc(OC4CC5(CCN(CC6CCNCC6)CC5)C4)ccc3C2=O)C(=O)N1. The maximum absolute atomic E-state index is 12.9. The summed E-state index contributed by atoms with van der Waals surface area (Å²) in [5.74, 6) is 0.891. The standard InChI is InChI=1S/C27H36N4O4/c32-24-4-3-23(25(33)29-24)31-17-19-13-20(1-2-22(19)26(31)34)35-21-14-27(15-21)7-11-30(12-8-27)16-18-5-9-28-10-6-18/h1-2,13,18,21,23,28H,3-12,14-17H2,(H,29,32,33). The number of carbonyl (C=O) groups excluding carboxylic acids is 3. The van der Waals surface area contributed by atoms with E-state index in [0.717, 1.165) is 30.1 Å². The first-order valence-corrected chi connectivity index (χ1v) is 13.4. The number of benzene rings is 1. The zero-order valence-electron chi connectivity index (χ0n) is 20.4. The molecule has 1 aromatic carbocycles. The highest BCUT2D eigenvalue weighted by Gasteiger charge is 2.47. The number of ether oxygens (including phenoxy) is 1. The second-order valence-electron chi connectivity index (χ2n) is 11.4. The van der Waals surface area contributed by atoms with E-state index < -0.39 is 6.04 Å². The molecule has 0 bridgehead atoms. The van der Waals surface area contributed by atoms with Crippen LogP contribution < -0.4 is 15.4 Å². The minimum atomic E-state index is -0.580. The van der Waals surface area contributed by atoms with E-state index in [9.17, 15) is 14.4 Å². The minimum Gasteiger partial charge on any atom is -0.490 e. The molecule has 3 saturated heterocycles. The highest BCUT2D eigenvalue weighted by molar-refractivity contribution is 6.05. The molecule has 4 aliphatic heterocycles. The molecule has 1 aromatic rings. The van der Waals surface area contributed by atoms with E-state index in [1.54, 1.807) is 4.90 Å². The number of imide groups is 1. The van der Waals surface area contributed by atoms with Crippen molar-refractivity contribution < 1.29 is 19.1 Å². The molecular formula is C27H36N4O4. The van der Waals surface area contributed by atoms with Crippen LogP contribution in [0.15, 0.2) is 18.2 Å². The van der Waals surface area contributed by atoms with Gasteiger partial charge in [-0.05, 0) is 106 Å². The Bertz CT molecular complexity index is 1000. The number of nitrogens with one attached hydrogen (secondary N) is 2. The van der Waals surface area contributed by atoms with Crippen molar-refractivity contribution >= 4 is 17.7 Å². The number of likely N-dealkylation sites (tertiary alicyclic amines) is 1. The third kappa shape index (κ3) is 4.58. The maximum atomic E-state index is 12.9. The minimum absolute atomic E-state index is 0.139. The van der Waals surface area contributed by atoms with Gasteiger partial charge in [0.05, 0.1) is 6.10 Å². The summed E-state index contributed by atoms with van der Waals surface area (Å²) in [5.41, 5.74) is 1.98. The van der Waals surface area contributed by atoms with E-state index in [2.05, 4.69) is 15.5 Å². The average Bonchev–Trinajstić information content (AvgIpc) is 3.15. The van der Waals surface area contributed by atoms with Gasteiger partial charge in [0.1, 0.15) is 11.8 Å². The second kappa shape index (κ2) is 9.21. The number of piperidine rings is 3. The molecule has 4 fully saturated rings. The van der Waals surface area contributed by atoms with Crippen molar-refractivity contribution in [2.75, 3.05) is 32.7 Å². The molecule has 1 unspecified atom stereocenters. The van der Waals surface area contributed by atoms with Gasteiger partial charge >= 0.3 is 0 Å². The molecule has 1 aliphatic carbocycles. The maximum Gasteiger partial charge on any atom is 0.255 e. The van der Waals surface area contributed by atoms with Crippen LogP contribution in [0.1, 0.15) is 67.3 Å². The first-order valence-electron chi connectivity index (χ1n) is 13.4. The van der Waals surface area contributed by atoms with Crippen molar-refractivity contribution in [1.29, 1.82) is 0 Å². The predicted molar refractivity (Wildman–Crippen MR) is 130 cm³/mol. The second-order valence-corrected chi connectivity index (χ2v) is 11.4. The lowest BCUT2D eigenvalue weighted by atomic mass is 9.61. The van der Waals surface area contributed by atoms with Gasteiger partial charge in [0.15, 0.2) is 0 Å². The molecule has 35 heavy (non-hydrogen) atoms. The summed E-state index contributed by atoms with van der Waals surface area (Å²) in [7, 11) is 0. The quantitative estimate of drug-likeness (QED) is 0.627. The Morgan fingerprint density at radius 2 is 1.80 bits per heavy atom. The van der Waals surface area contributed by atoms with E-state index >= 15 is 0 Å². The highest BCUT2D eigenvalue weighted by atomic mass is 16.5. The van der Waals surface area contributed by atoms with Crippen molar-refractivity contribution in [2.45, 2.75) is 70.1 Å². The Hall–Kier alpha value is -2.45. The molecule has 188 valence electrons. The van der Waals surface area contributed by atoms with E-state index in [1.807, 2.05) is 18.2 Å². The normalized spacial score (nSPS) is 27.6. The van der Waals surface area contributed by atoms with Crippen LogP contribution in [0.25, 0.3) is 0 Å². The van der Waals surface area contributed by atoms with Crippen LogP contribution >= 0.6 is 0 Å². The summed E-state index contributed by atoms with van der Waals surface area (Å²) in [6.45, 7) is 6.43. The summed E-state index contributed by atoms with van der Waals surface area (Å²) in [5, 5.41) is 5.82. The van der Waals surface area contributed by atoms with Gasteiger partial charge in [-0.1, -0.05) is 0 Å². The zero-order valence-corrected chi connectivity index (χ0v) is 20.4. The molecule has 5 aliphatic rings. The lowest BCUT2D eigenvalue weighted by Gasteiger charge is -2.52. The molecule has 6 rings (SSSR count). The smallest absolute Gasteiger partial charge is 0.255 e. The number of rotatable bonds is 5. The van der Waals surface area contributed by atoms with Gasteiger partial charge in [-0.3, -0.25) is 19.7 Å². The van der Waals surface area contributed by atoms with Crippen LogP contribution in [0, 0.1) is 11.3 Å². The molecule has 1 saturated carbocycles. The number of amides is 3. The monoisotopic (exact) mass is 480 g/mol. The number of nitrogens with zero attached hydrogens (tertiary/aromatic N) is 2. The van der Waals surface area contributed by atoms with Crippen molar-refractivity contribution in [2.24, 2.45) is 11.3 Å². The molecule has 1 atom stereocenters. The van der Waals surface area contributed by atoms with Crippen molar-refractivity contribution in [3.8, 4) is 5.75 Å². The first kappa shape index (κ1) is 23.0. The molecule has 1 spiro atoms. The van der Waals surface area contributed by atoms with Crippen molar-refractivity contribution in [3.05, 3.63) is 29.3 Å². The third-order valence-electron chi connectivity index (χ3n) is 9.01. The number of carbonyl (C=O) groups is 3. The van der Waals surface area contributed by atoms with Crippen LogP contribution in [-0.4, -0.2) is 72.4 Å². The predicted octanol–water partition coefficient (Wildman–Crippen LogP) is 2.07. The third-order valence-corrected chi connectivity index (χ3v) is 9.01. The summed E-state index contributed by atoms with van der Waals surface area (Å²) >= 11 is 0. The number of hydrogen-bond acceptors (Lipinski definition) is 6. The topological polar surface area (TPSA) is 91.0 Å². The van der Waals surface area contributed by atoms with Gasteiger partial charge < -0.3 is 19.9 Å². The van der Waals surface area contributed by atoms with Crippen LogP contribution in [0.2, 0.25) is 0 Å². The van der Waals surface area contributed by atoms with Crippen LogP contribution in [0.3, 0.4) is 0 Å². The van der Waals surface area contributed by atoms with Crippen molar-refractivity contribution in [3.63, 3.8) is 0 Å². The Balaban J connectivity index is 1.00. The molecule has 8 nitrogen and oxygen atoms in total. The lowest BCUT2D eigenvalue weighted by molar-refractivity contribution is -0.136. The van der Waals surface area contributed by atoms with Gasteiger partial charge in [0.25, 0.3) is 5.91 Å². The number of hydrogen-bond donors (Lipinski definition) is 2. The molecule has 4 heterocycles.